The van der Waals surface area contributed by atoms with Crippen LogP contribution in [0.25, 0.3) is 0 Å². The lowest BCUT2D eigenvalue weighted by atomic mass is 9.43. The second kappa shape index (κ2) is 9.25. The monoisotopic (exact) mass is 444 g/mol. The Morgan fingerprint density at radius 2 is 1.75 bits per heavy atom. The molecule has 4 saturated carbocycles. The molecule has 4 fully saturated rings. The van der Waals surface area contributed by atoms with Crippen molar-refractivity contribution in [2.75, 3.05) is 0 Å². The molecule has 180 valence electrons. The van der Waals surface area contributed by atoms with Gasteiger partial charge < -0.3 is 15.3 Å². The number of aliphatic carboxylic acids is 1. The molecule has 0 aromatic heterocycles. The molecule has 4 rings (SSSR count). The van der Waals surface area contributed by atoms with Crippen LogP contribution in [0.1, 0.15) is 85.0 Å². The molecule has 0 heterocycles. The maximum Gasteiger partial charge on any atom is 0.307 e. The van der Waals surface area contributed by atoms with Gasteiger partial charge in [0.1, 0.15) is 0 Å². The summed E-state index contributed by atoms with van der Waals surface area (Å²) in [4.78, 5) is 10.6. The molecule has 0 radical (unpaired) electrons. The number of hydrogen-bond acceptors (Lipinski definition) is 3. The summed E-state index contributed by atoms with van der Waals surface area (Å²) in [5.41, 5.74) is 0.296. The molecule has 0 bridgehead atoms. The van der Waals surface area contributed by atoms with Gasteiger partial charge in [-0.05, 0) is 104 Å². The van der Waals surface area contributed by atoms with E-state index >= 15 is 0 Å². The minimum absolute atomic E-state index is 0.00491. The molecule has 0 saturated heterocycles. The van der Waals surface area contributed by atoms with Gasteiger partial charge >= 0.3 is 5.97 Å². The van der Waals surface area contributed by atoms with Crippen molar-refractivity contribution >= 4 is 5.97 Å². The molecule has 0 amide bonds. The molecule has 32 heavy (non-hydrogen) atoms. The molecule has 0 spiro atoms. The number of carboxylic acids is 1. The van der Waals surface area contributed by atoms with Crippen LogP contribution in [0.15, 0.2) is 24.3 Å². The van der Waals surface area contributed by atoms with Gasteiger partial charge in [-0.15, -0.1) is 0 Å². The van der Waals surface area contributed by atoms with Crippen molar-refractivity contribution in [3.8, 4) is 0 Å². The van der Waals surface area contributed by atoms with E-state index in [9.17, 15) is 15.0 Å². The van der Waals surface area contributed by atoms with Gasteiger partial charge in [-0.3, -0.25) is 4.79 Å². The maximum atomic E-state index is 11.6. The van der Waals surface area contributed by atoms with Crippen LogP contribution in [-0.4, -0.2) is 33.5 Å². The van der Waals surface area contributed by atoms with E-state index < -0.39 is 5.97 Å². The van der Waals surface area contributed by atoms with Gasteiger partial charge in [0, 0.05) is 0 Å². The zero-order valence-electron chi connectivity index (χ0n) is 20.2. The first-order valence-electron chi connectivity index (χ1n) is 13.1. The highest BCUT2D eigenvalue weighted by Crippen LogP contribution is 2.68. The second-order valence-corrected chi connectivity index (χ2v) is 12.1. The summed E-state index contributed by atoms with van der Waals surface area (Å²) >= 11 is 0. The minimum atomic E-state index is -0.801. The average Bonchev–Trinajstić information content (AvgIpc) is 3.10. The summed E-state index contributed by atoms with van der Waals surface area (Å²) in [6, 6.07) is 0. The quantitative estimate of drug-likeness (QED) is 0.467. The Balaban J connectivity index is 1.45. The summed E-state index contributed by atoms with van der Waals surface area (Å²) < 4.78 is 0. The van der Waals surface area contributed by atoms with E-state index in [0.717, 1.165) is 38.0 Å². The lowest BCUT2D eigenvalue weighted by Crippen LogP contribution is -2.58. The lowest BCUT2D eigenvalue weighted by molar-refractivity contribution is -0.174. The summed E-state index contributed by atoms with van der Waals surface area (Å²) in [5, 5.41) is 30.6. The molecule has 4 aliphatic carbocycles. The summed E-state index contributed by atoms with van der Waals surface area (Å²) in [7, 11) is 0. The van der Waals surface area contributed by atoms with Gasteiger partial charge in [0.25, 0.3) is 0 Å². The zero-order valence-corrected chi connectivity index (χ0v) is 20.2. The van der Waals surface area contributed by atoms with Crippen LogP contribution in [0.3, 0.4) is 0 Å². The fourth-order valence-electron chi connectivity index (χ4n) is 8.94. The van der Waals surface area contributed by atoms with Crippen LogP contribution < -0.4 is 0 Å². The van der Waals surface area contributed by atoms with Crippen LogP contribution in [0.2, 0.25) is 0 Å². The Kier molecular flexibility index (Phi) is 6.94. The molecule has 3 N–H and O–H groups in total. The molecular weight excluding hydrogens is 400 g/mol. The van der Waals surface area contributed by atoms with E-state index in [0.29, 0.717) is 35.0 Å². The topological polar surface area (TPSA) is 77.8 Å². The summed E-state index contributed by atoms with van der Waals surface area (Å²) in [5.74, 6) is 2.82. The molecular formula is C28H44O4. The number of carbonyl (C=O) groups is 1. The van der Waals surface area contributed by atoms with E-state index in [4.69, 9.17) is 5.11 Å². The molecule has 4 heteroatoms. The van der Waals surface area contributed by atoms with Gasteiger partial charge in [-0.2, -0.15) is 0 Å². The first-order chi connectivity index (χ1) is 15.2. The van der Waals surface area contributed by atoms with Crippen molar-refractivity contribution < 1.29 is 20.1 Å². The van der Waals surface area contributed by atoms with Gasteiger partial charge in [0.2, 0.25) is 0 Å². The predicted octanol–water partition coefficient (Wildman–Crippen LogP) is 5.59. The molecule has 10 atom stereocenters. The Hall–Kier alpha value is -1.13. The molecule has 0 aromatic carbocycles. The molecule has 0 aliphatic heterocycles. The van der Waals surface area contributed by atoms with Crippen molar-refractivity contribution in [1.82, 2.24) is 0 Å². The number of carboxylic acid groups (broad SMARTS) is 1. The number of allylic oxidation sites excluding steroid dienone is 3. The molecule has 4 nitrogen and oxygen atoms in total. The third-order valence-corrected chi connectivity index (χ3v) is 10.7. The van der Waals surface area contributed by atoms with E-state index in [1.54, 1.807) is 6.08 Å². The number of fused-ring (bicyclic) bond motifs is 5. The zero-order chi connectivity index (χ0) is 23.1. The summed E-state index contributed by atoms with van der Waals surface area (Å²) in [6.45, 7) is 7.21. The number of aliphatic hydroxyl groups excluding tert-OH is 2. The van der Waals surface area contributed by atoms with Crippen LogP contribution in [0, 0.1) is 46.3 Å². The number of aliphatic hydroxyl groups is 2. The standard InChI is InChI=1S/C28H44O4/c1-18(8-6-4-5-7-9-26(31)32)22-12-13-23-21-11-10-19-16-20(29)14-15-27(19,2)24(21)17-25(30)28(22,23)3/h4-7,18-25,29-30H,8-17H2,1-3H3,(H,31,32)/t18?,19-,20-,21?,22-,23?,24?,25+,27+,28-/m1/s1. The Labute approximate surface area is 194 Å². The van der Waals surface area contributed by atoms with Crippen molar-refractivity contribution in [2.45, 2.75) is 97.2 Å². The van der Waals surface area contributed by atoms with Crippen molar-refractivity contribution in [1.29, 1.82) is 0 Å². The van der Waals surface area contributed by atoms with Crippen molar-refractivity contribution in [3.05, 3.63) is 24.3 Å². The third kappa shape index (κ3) is 4.11. The van der Waals surface area contributed by atoms with Crippen LogP contribution in [0.4, 0.5) is 0 Å². The minimum Gasteiger partial charge on any atom is -0.481 e. The summed E-state index contributed by atoms with van der Waals surface area (Å²) in [6.07, 6.45) is 17.3. The number of rotatable bonds is 6. The third-order valence-electron chi connectivity index (χ3n) is 10.7. The van der Waals surface area contributed by atoms with Gasteiger partial charge in [-0.25, -0.2) is 0 Å². The van der Waals surface area contributed by atoms with Crippen molar-refractivity contribution in [2.24, 2.45) is 46.3 Å². The fourth-order valence-corrected chi connectivity index (χ4v) is 8.94. The predicted molar refractivity (Wildman–Crippen MR) is 127 cm³/mol. The van der Waals surface area contributed by atoms with Gasteiger partial charge in [-0.1, -0.05) is 45.1 Å². The van der Waals surface area contributed by atoms with E-state index in [1.165, 1.54) is 25.7 Å². The SMILES string of the molecule is CC(CC=CC=CCC(=O)O)[C@H]1CCC2C3CC[C@@H]4C[C@H](O)CC[C@]4(C)C3C[C@H](O)[C@@]21C. The van der Waals surface area contributed by atoms with Gasteiger partial charge in [0.05, 0.1) is 18.6 Å². The highest BCUT2D eigenvalue weighted by Gasteiger charge is 2.63. The van der Waals surface area contributed by atoms with Gasteiger partial charge in [0.15, 0.2) is 0 Å². The second-order valence-electron chi connectivity index (χ2n) is 12.1. The smallest absolute Gasteiger partial charge is 0.307 e. The highest BCUT2D eigenvalue weighted by molar-refractivity contribution is 5.68. The number of hydrogen-bond donors (Lipinski definition) is 3. The Morgan fingerprint density at radius 1 is 1.00 bits per heavy atom. The van der Waals surface area contributed by atoms with E-state index in [-0.39, 0.29) is 24.0 Å². The van der Waals surface area contributed by atoms with Crippen LogP contribution in [-0.2, 0) is 4.79 Å². The van der Waals surface area contributed by atoms with E-state index in [1.807, 2.05) is 12.2 Å². The average molecular weight is 445 g/mol. The first-order valence-corrected chi connectivity index (χ1v) is 13.1. The highest BCUT2D eigenvalue weighted by atomic mass is 16.4. The Morgan fingerprint density at radius 3 is 2.50 bits per heavy atom. The van der Waals surface area contributed by atoms with Crippen molar-refractivity contribution in [3.63, 3.8) is 0 Å². The fraction of sp³-hybridized carbons (Fsp3) is 0.821. The first kappa shape index (κ1) is 24.0. The Bertz CT molecular complexity index is 744. The van der Waals surface area contributed by atoms with Crippen LogP contribution >= 0.6 is 0 Å². The molecule has 4 unspecified atom stereocenters. The van der Waals surface area contributed by atoms with Crippen LogP contribution in [0.5, 0.6) is 0 Å². The maximum absolute atomic E-state index is 11.6. The normalized spacial score (nSPS) is 47.2. The molecule has 0 aromatic rings. The lowest BCUT2D eigenvalue weighted by Gasteiger charge is -2.62. The van der Waals surface area contributed by atoms with E-state index in [2.05, 4.69) is 26.8 Å². The molecule has 4 aliphatic rings. The largest absolute Gasteiger partial charge is 0.481 e.